The fraction of sp³-hybridized carbons (Fsp3) is 0.222. The molecule has 170 valence electrons. The molecule has 0 spiro atoms. The van der Waals surface area contributed by atoms with Crippen molar-refractivity contribution >= 4 is 49.4 Å². The molecule has 0 radical (unpaired) electrons. The Labute approximate surface area is 191 Å². The number of nitrogens with zero attached hydrogens (tertiary/aromatic N) is 3. The molecule has 32 heavy (non-hydrogen) atoms. The van der Waals surface area contributed by atoms with Crippen LogP contribution in [0.25, 0.3) is 0 Å². The first-order valence-corrected chi connectivity index (χ1v) is 12.2. The van der Waals surface area contributed by atoms with Gasteiger partial charge in [-0.15, -0.1) is 11.3 Å². The SMILES string of the molecule is COCCNS(=O)(=O)c1ccc(C(=NOCc2nccs2)C(=O)Nc2ncc(F)s2)cc1. The fourth-order valence-corrected chi connectivity index (χ4v) is 4.40. The zero-order chi connectivity index (χ0) is 23.0. The van der Waals surface area contributed by atoms with E-state index in [9.17, 15) is 17.6 Å². The van der Waals surface area contributed by atoms with Gasteiger partial charge in [0.05, 0.1) is 17.7 Å². The fourth-order valence-electron chi connectivity index (χ4n) is 2.32. The summed E-state index contributed by atoms with van der Waals surface area (Å²) in [5, 5.41) is 8.25. The number of methoxy groups -OCH3 is 1. The van der Waals surface area contributed by atoms with Crippen molar-refractivity contribution in [2.75, 3.05) is 25.6 Å². The number of hydrogen-bond acceptors (Lipinski definition) is 10. The smallest absolute Gasteiger partial charge is 0.280 e. The Morgan fingerprint density at radius 2 is 2.03 bits per heavy atom. The number of aromatic nitrogens is 2. The number of benzene rings is 1. The minimum absolute atomic E-state index is 0.00260. The Morgan fingerprint density at radius 1 is 1.25 bits per heavy atom. The highest BCUT2D eigenvalue weighted by Gasteiger charge is 2.19. The predicted octanol–water partition coefficient (Wildman–Crippen LogP) is 2.22. The third-order valence-corrected chi connectivity index (χ3v) is 6.71. The zero-order valence-corrected chi connectivity index (χ0v) is 19.1. The summed E-state index contributed by atoms with van der Waals surface area (Å²) in [6.45, 7) is 0.378. The second-order valence-electron chi connectivity index (χ2n) is 5.98. The van der Waals surface area contributed by atoms with Crippen LogP contribution in [0.3, 0.4) is 0 Å². The Bertz CT molecular complexity index is 1160. The molecule has 0 aliphatic heterocycles. The van der Waals surface area contributed by atoms with Gasteiger partial charge in [0, 0.05) is 30.8 Å². The molecule has 2 heterocycles. The number of halogens is 1. The van der Waals surface area contributed by atoms with Crippen LogP contribution in [-0.2, 0) is 31.0 Å². The van der Waals surface area contributed by atoms with Gasteiger partial charge in [-0.2, -0.15) is 4.39 Å². The number of sulfonamides is 1. The van der Waals surface area contributed by atoms with Gasteiger partial charge in [0.15, 0.2) is 22.6 Å². The molecule has 3 aromatic rings. The van der Waals surface area contributed by atoms with Gasteiger partial charge >= 0.3 is 0 Å². The van der Waals surface area contributed by atoms with Crippen LogP contribution >= 0.6 is 22.7 Å². The Morgan fingerprint density at radius 3 is 2.66 bits per heavy atom. The summed E-state index contributed by atoms with van der Waals surface area (Å²) in [7, 11) is -2.28. The number of amides is 1. The van der Waals surface area contributed by atoms with Gasteiger partial charge in [-0.3, -0.25) is 10.1 Å². The Hall–Kier alpha value is -2.78. The van der Waals surface area contributed by atoms with E-state index < -0.39 is 21.1 Å². The number of rotatable bonds is 11. The van der Waals surface area contributed by atoms with Crippen molar-refractivity contribution < 1.29 is 27.2 Å². The van der Waals surface area contributed by atoms with Crippen LogP contribution in [0.4, 0.5) is 9.52 Å². The van der Waals surface area contributed by atoms with Crippen molar-refractivity contribution in [1.29, 1.82) is 0 Å². The van der Waals surface area contributed by atoms with Gasteiger partial charge in [0.2, 0.25) is 10.0 Å². The van der Waals surface area contributed by atoms with E-state index in [-0.39, 0.29) is 41.1 Å². The summed E-state index contributed by atoms with van der Waals surface area (Å²) in [4.78, 5) is 25.8. The van der Waals surface area contributed by atoms with Gasteiger partial charge < -0.3 is 9.57 Å². The van der Waals surface area contributed by atoms with Crippen LogP contribution in [0.15, 0.2) is 52.1 Å². The zero-order valence-electron chi connectivity index (χ0n) is 16.6. The molecular weight excluding hydrogens is 481 g/mol. The van der Waals surface area contributed by atoms with Crippen LogP contribution in [0.1, 0.15) is 10.6 Å². The molecule has 1 amide bonds. The van der Waals surface area contributed by atoms with E-state index in [0.29, 0.717) is 16.3 Å². The minimum Gasteiger partial charge on any atom is -0.388 e. The average Bonchev–Trinajstić information content (AvgIpc) is 3.43. The van der Waals surface area contributed by atoms with Gasteiger partial charge in [-0.05, 0) is 12.1 Å². The number of hydrogen-bond donors (Lipinski definition) is 2. The molecule has 0 atom stereocenters. The number of anilines is 1. The quantitative estimate of drug-likeness (QED) is 0.235. The lowest BCUT2D eigenvalue weighted by molar-refractivity contribution is -0.110. The average molecular weight is 500 g/mol. The molecular formula is C18H18FN5O5S3. The molecule has 10 nitrogen and oxygen atoms in total. The van der Waals surface area contributed by atoms with E-state index in [0.717, 1.165) is 6.20 Å². The van der Waals surface area contributed by atoms with E-state index >= 15 is 0 Å². The minimum atomic E-state index is -3.75. The predicted molar refractivity (Wildman–Crippen MR) is 118 cm³/mol. The topological polar surface area (TPSA) is 132 Å². The Balaban J connectivity index is 1.80. The molecule has 3 rings (SSSR count). The molecule has 0 bridgehead atoms. The molecule has 2 N–H and O–H groups in total. The maximum absolute atomic E-state index is 13.2. The number of oxime groups is 1. The summed E-state index contributed by atoms with van der Waals surface area (Å²) >= 11 is 2.01. The second kappa shape index (κ2) is 11.2. The van der Waals surface area contributed by atoms with Crippen LogP contribution in [0.2, 0.25) is 0 Å². The summed E-state index contributed by atoms with van der Waals surface area (Å²) in [6.07, 6.45) is 2.59. The van der Waals surface area contributed by atoms with E-state index in [4.69, 9.17) is 9.57 Å². The standard InChI is InChI=1S/C18H18FN5O5S3/c1-28-8-6-22-32(26,27)13-4-2-12(3-5-13)16(24-29-11-15-20-7-9-30-15)17(25)23-18-21-10-14(19)31-18/h2-5,7,9-10,22H,6,8,11H2,1H3,(H,21,23,25). The van der Waals surface area contributed by atoms with Crippen molar-refractivity contribution in [3.05, 3.63) is 57.7 Å². The lowest BCUT2D eigenvalue weighted by atomic mass is 10.1. The summed E-state index contributed by atoms with van der Waals surface area (Å²) < 4.78 is 45.1. The van der Waals surface area contributed by atoms with E-state index in [1.807, 2.05) is 0 Å². The van der Waals surface area contributed by atoms with E-state index in [1.165, 1.54) is 42.7 Å². The number of ether oxygens (including phenoxy) is 1. The van der Waals surface area contributed by atoms with Crippen LogP contribution in [0.5, 0.6) is 0 Å². The van der Waals surface area contributed by atoms with E-state index in [1.54, 1.807) is 11.6 Å². The molecule has 2 aromatic heterocycles. The summed E-state index contributed by atoms with van der Waals surface area (Å²) in [5.74, 6) is -0.702. The molecule has 0 saturated heterocycles. The number of carbonyl (C=O) groups is 1. The lowest BCUT2D eigenvalue weighted by Gasteiger charge is -2.09. The van der Waals surface area contributed by atoms with Gasteiger partial charge in [0.1, 0.15) is 5.01 Å². The van der Waals surface area contributed by atoms with Crippen LogP contribution in [-0.4, -0.2) is 50.3 Å². The van der Waals surface area contributed by atoms with Crippen molar-refractivity contribution in [2.45, 2.75) is 11.5 Å². The number of carbonyl (C=O) groups excluding carboxylic acids is 1. The normalized spacial score (nSPS) is 12.0. The highest BCUT2D eigenvalue weighted by Crippen LogP contribution is 2.17. The third-order valence-electron chi connectivity index (χ3n) is 3.78. The third kappa shape index (κ3) is 6.61. The summed E-state index contributed by atoms with van der Waals surface area (Å²) in [6, 6.07) is 5.49. The van der Waals surface area contributed by atoms with Gasteiger partial charge in [-0.25, -0.2) is 23.1 Å². The van der Waals surface area contributed by atoms with Crippen molar-refractivity contribution in [3.63, 3.8) is 0 Å². The molecule has 0 aliphatic carbocycles. The van der Waals surface area contributed by atoms with Crippen molar-refractivity contribution in [2.24, 2.45) is 5.16 Å². The lowest BCUT2D eigenvalue weighted by Crippen LogP contribution is -2.27. The molecule has 0 aliphatic rings. The van der Waals surface area contributed by atoms with Gasteiger partial charge in [-0.1, -0.05) is 28.6 Å². The maximum atomic E-state index is 13.2. The molecule has 1 aromatic carbocycles. The molecule has 0 saturated carbocycles. The monoisotopic (exact) mass is 499 g/mol. The van der Waals surface area contributed by atoms with Crippen LogP contribution in [0, 0.1) is 5.13 Å². The first-order chi connectivity index (χ1) is 15.4. The van der Waals surface area contributed by atoms with E-state index in [2.05, 4.69) is 25.2 Å². The van der Waals surface area contributed by atoms with Crippen molar-refractivity contribution in [1.82, 2.24) is 14.7 Å². The maximum Gasteiger partial charge on any atom is 0.280 e. The first-order valence-electron chi connectivity index (χ1n) is 8.99. The Kier molecular flexibility index (Phi) is 8.35. The van der Waals surface area contributed by atoms with Gasteiger partial charge in [0.25, 0.3) is 5.91 Å². The van der Waals surface area contributed by atoms with Crippen LogP contribution < -0.4 is 10.0 Å². The molecule has 0 fully saturated rings. The number of nitrogens with one attached hydrogen (secondary N) is 2. The number of thiazole rings is 2. The first kappa shape index (κ1) is 23.9. The summed E-state index contributed by atoms with van der Waals surface area (Å²) in [5.41, 5.74) is 0.142. The van der Waals surface area contributed by atoms with Crippen molar-refractivity contribution in [3.8, 4) is 0 Å². The highest BCUT2D eigenvalue weighted by atomic mass is 32.2. The molecule has 0 unspecified atom stereocenters. The largest absolute Gasteiger partial charge is 0.388 e. The highest BCUT2D eigenvalue weighted by molar-refractivity contribution is 7.89. The molecule has 14 heteroatoms. The second-order valence-corrected chi connectivity index (χ2v) is 9.70.